The number of amides is 1. The van der Waals surface area contributed by atoms with Gasteiger partial charge in [0.1, 0.15) is 16.3 Å². The second kappa shape index (κ2) is 10.5. The molecule has 2 aromatic carbocycles. The van der Waals surface area contributed by atoms with E-state index in [-0.39, 0.29) is 35.3 Å². The monoisotopic (exact) mass is 489 g/mol. The van der Waals surface area contributed by atoms with Crippen LogP contribution in [-0.2, 0) is 9.84 Å². The molecule has 0 radical (unpaired) electrons. The highest BCUT2D eigenvalue weighted by atomic mass is 32.2. The van der Waals surface area contributed by atoms with Crippen molar-refractivity contribution >= 4 is 38.5 Å². The summed E-state index contributed by atoms with van der Waals surface area (Å²) in [7, 11) is -3.57. The zero-order chi connectivity index (χ0) is 24.0. The van der Waals surface area contributed by atoms with E-state index in [9.17, 15) is 23.3 Å². The van der Waals surface area contributed by atoms with Crippen molar-refractivity contribution in [3.63, 3.8) is 0 Å². The van der Waals surface area contributed by atoms with E-state index in [4.69, 9.17) is 4.74 Å². The first kappa shape index (κ1) is 24.2. The summed E-state index contributed by atoms with van der Waals surface area (Å²) >= 11 is 1.32. The van der Waals surface area contributed by atoms with E-state index in [1.165, 1.54) is 23.5 Å². The lowest BCUT2D eigenvalue weighted by molar-refractivity contribution is -0.384. The van der Waals surface area contributed by atoms with Crippen LogP contribution in [0.4, 0.5) is 11.4 Å². The summed E-state index contributed by atoms with van der Waals surface area (Å²) in [5, 5.41) is 17.0. The van der Waals surface area contributed by atoms with Crippen LogP contribution in [0.15, 0.2) is 59.5 Å². The van der Waals surface area contributed by atoms with Crippen molar-refractivity contribution in [2.24, 2.45) is 0 Å². The van der Waals surface area contributed by atoms with Crippen molar-refractivity contribution in [1.29, 1.82) is 0 Å². The molecule has 1 heterocycles. The number of hydrogen-bond acceptors (Lipinski definition) is 8. The van der Waals surface area contributed by atoms with Gasteiger partial charge in [-0.25, -0.2) is 8.42 Å². The Bertz CT molecular complexity index is 1260. The minimum absolute atomic E-state index is 0.136. The Morgan fingerprint density at radius 1 is 1.12 bits per heavy atom. The molecule has 0 spiro atoms. The lowest BCUT2D eigenvalue weighted by Crippen LogP contribution is -2.28. The van der Waals surface area contributed by atoms with Gasteiger partial charge in [0.2, 0.25) is 0 Å². The van der Waals surface area contributed by atoms with Gasteiger partial charge in [0, 0.05) is 30.3 Å². The Hall–Kier alpha value is -3.44. The van der Waals surface area contributed by atoms with Gasteiger partial charge in [-0.2, -0.15) is 0 Å². The Balaban J connectivity index is 1.66. The molecule has 0 saturated heterocycles. The van der Waals surface area contributed by atoms with E-state index in [1.807, 2.05) is 43.3 Å². The van der Waals surface area contributed by atoms with Crippen LogP contribution in [0.1, 0.15) is 16.6 Å². The molecule has 0 aliphatic carbocycles. The van der Waals surface area contributed by atoms with Crippen LogP contribution in [0.25, 0.3) is 10.4 Å². The summed E-state index contributed by atoms with van der Waals surface area (Å²) in [6, 6.07) is 15.2. The number of benzene rings is 2. The molecule has 11 heteroatoms. The molecule has 2 N–H and O–H groups in total. The number of thiophene rings is 1. The minimum Gasteiger partial charge on any atom is -0.492 e. The molecule has 1 aromatic heterocycles. The SMILES string of the molecule is CCOc1cc(-c2ccccc2)sc1C(=O)NCCNc1ccc(S(C)(=O)=O)cc1[N+](=O)[O-]. The smallest absolute Gasteiger partial charge is 0.293 e. The molecular weight excluding hydrogens is 466 g/mol. The van der Waals surface area contributed by atoms with E-state index >= 15 is 0 Å². The van der Waals surface area contributed by atoms with Gasteiger partial charge < -0.3 is 15.4 Å². The first-order valence-corrected chi connectivity index (χ1v) is 12.7. The highest BCUT2D eigenvalue weighted by molar-refractivity contribution is 7.90. The number of anilines is 1. The maximum atomic E-state index is 12.7. The first-order valence-electron chi connectivity index (χ1n) is 10.0. The van der Waals surface area contributed by atoms with Gasteiger partial charge in [0.25, 0.3) is 11.6 Å². The van der Waals surface area contributed by atoms with Crippen molar-refractivity contribution in [3.8, 4) is 16.2 Å². The molecule has 174 valence electrons. The van der Waals surface area contributed by atoms with Gasteiger partial charge in [0.15, 0.2) is 9.84 Å². The standard InChI is InChI=1S/C22H23N3O6S2/c1-3-31-19-14-20(15-7-5-4-6-8-15)32-21(19)22(26)24-12-11-23-17-10-9-16(33(2,29)30)13-18(17)25(27)28/h4-10,13-14,23H,3,11-12H2,1-2H3,(H,24,26). The number of carbonyl (C=O) groups excluding carboxylic acids is 1. The fourth-order valence-corrected chi connectivity index (χ4v) is 4.70. The summed E-state index contributed by atoms with van der Waals surface area (Å²) in [5.74, 6) is 0.188. The molecule has 9 nitrogen and oxygen atoms in total. The number of ether oxygens (including phenoxy) is 1. The number of nitrogens with zero attached hydrogens (tertiary/aromatic N) is 1. The van der Waals surface area contributed by atoms with Gasteiger partial charge in [0.05, 0.1) is 16.4 Å². The van der Waals surface area contributed by atoms with Crippen LogP contribution in [0, 0.1) is 10.1 Å². The molecule has 0 saturated carbocycles. The van der Waals surface area contributed by atoms with Crippen molar-refractivity contribution in [2.75, 3.05) is 31.3 Å². The topological polar surface area (TPSA) is 128 Å². The van der Waals surface area contributed by atoms with Gasteiger partial charge in [-0.1, -0.05) is 30.3 Å². The van der Waals surface area contributed by atoms with Gasteiger partial charge in [-0.05, 0) is 30.7 Å². The Kier molecular flexibility index (Phi) is 7.67. The highest BCUT2D eigenvalue weighted by Crippen LogP contribution is 2.36. The molecule has 3 aromatic rings. The van der Waals surface area contributed by atoms with E-state index in [0.717, 1.165) is 22.8 Å². The number of rotatable bonds is 10. The van der Waals surface area contributed by atoms with Crippen LogP contribution < -0.4 is 15.4 Å². The average molecular weight is 490 g/mol. The predicted molar refractivity (Wildman–Crippen MR) is 128 cm³/mol. The third-order valence-electron chi connectivity index (χ3n) is 4.58. The quantitative estimate of drug-likeness (QED) is 0.251. The number of nitrogens with one attached hydrogen (secondary N) is 2. The van der Waals surface area contributed by atoms with Crippen LogP contribution in [-0.4, -0.2) is 45.2 Å². The summed E-state index contributed by atoms with van der Waals surface area (Å²) in [6.45, 7) is 2.65. The summed E-state index contributed by atoms with van der Waals surface area (Å²) in [6.07, 6.45) is 0.985. The second-order valence-electron chi connectivity index (χ2n) is 6.99. The van der Waals surface area contributed by atoms with Crippen LogP contribution in [0.2, 0.25) is 0 Å². The number of nitro benzene ring substituents is 1. The van der Waals surface area contributed by atoms with Crippen molar-refractivity contribution in [2.45, 2.75) is 11.8 Å². The summed E-state index contributed by atoms with van der Waals surface area (Å²) < 4.78 is 28.9. The molecule has 0 bridgehead atoms. The van der Waals surface area contributed by atoms with Crippen molar-refractivity contribution < 1.29 is 22.9 Å². The van der Waals surface area contributed by atoms with Crippen molar-refractivity contribution in [3.05, 3.63) is 69.6 Å². The van der Waals surface area contributed by atoms with Gasteiger partial charge in [-0.3, -0.25) is 14.9 Å². The van der Waals surface area contributed by atoms with E-state index < -0.39 is 14.8 Å². The maximum absolute atomic E-state index is 12.7. The molecule has 0 aliphatic heterocycles. The van der Waals surface area contributed by atoms with E-state index in [2.05, 4.69) is 10.6 Å². The average Bonchev–Trinajstić information content (AvgIpc) is 3.21. The van der Waals surface area contributed by atoms with Crippen LogP contribution >= 0.6 is 11.3 Å². The predicted octanol–water partition coefficient (Wildman–Crippen LogP) is 3.97. The third kappa shape index (κ3) is 6.08. The lowest BCUT2D eigenvalue weighted by atomic mass is 10.2. The highest BCUT2D eigenvalue weighted by Gasteiger charge is 2.20. The normalized spacial score (nSPS) is 11.1. The molecule has 3 rings (SSSR count). The number of carbonyl (C=O) groups is 1. The van der Waals surface area contributed by atoms with Crippen LogP contribution in [0.5, 0.6) is 5.75 Å². The van der Waals surface area contributed by atoms with Gasteiger partial charge >= 0.3 is 0 Å². The number of hydrogen-bond donors (Lipinski definition) is 2. The largest absolute Gasteiger partial charge is 0.492 e. The van der Waals surface area contributed by atoms with E-state index in [1.54, 1.807) is 0 Å². The molecule has 1 amide bonds. The zero-order valence-corrected chi connectivity index (χ0v) is 19.7. The molecule has 0 aliphatic rings. The second-order valence-corrected chi connectivity index (χ2v) is 10.1. The first-order chi connectivity index (χ1) is 15.7. The maximum Gasteiger partial charge on any atom is 0.293 e. The Morgan fingerprint density at radius 2 is 1.85 bits per heavy atom. The minimum atomic E-state index is -3.57. The molecule has 0 atom stereocenters. The Labute approximate surface area is 195 Å². The molecular formula is C22H23N3O6S2. The lowest BCUT2D eigenvalue weighted by Gasteiger charge is -2.10. The van der Waals surface area contributed by atoms with Crippen molar-refractivity contribution in [1.82, 2.24) is 5.32 Å². The third-order valence-corrected chi connectivity index (χ3v) is 6.86. The molecule has 33 heavy (non-hydrogen) atoms. The fourth-order valence-electron chi connectivity index (χ4n) is 3.04. The fraction of sp³-hybridized carbons (Fsp3) is 0.227. The summed E-state index contributed by atoms with van der Waals surface area (Å²) in [5.41, 5.74) is 0.793. The summed E-state index contributed by atoms with van der Waals surface area (Å²) in [4.78, 5) is 24.6. The molecule has 0 unspecified atom stereocenters. The van der Waals surface area contributed by atoms with Gasteiger partial charge in [-0.15, -0.1) is 11.3 Å². The van der Waals surface area contributed by atoms with E-state index in [0.29, 0.717) is 17.2 Å². The van der Waals surface area contributed by atoms with Crippen LogP contribution in [0.3, 0.4) is 0 Å². The number of nitro groups is 1. The Morgan fingerprint density at radius 3 is 2.48 bits per heavy atom. The number of sulfone groups is 1. The molecule has 0 fully saturated rings. The zero-order valence-electron chi connectivity index (χ0n) is 18.0.